The lowest BCUT2D eigenvalue weighted by Crippen LogP contribution is -2.76. The molecular weight excluding hydrogens is 512 g/mol. The van der Waals surface area contributed by atoms with Crippen LogP contribution in [0.15, 0.2) is 48.8 Å². The number of benzene rings is 2. The standard InChI is InChI=1S/C25H26F4N4O3S/c1-37-10-18(34)9-36-19-5-2-16(3-6-19)22-11-23(12-22,13-22)25(28,29)24(35,14-33-15-30-31-32-33)20-7-4-17(26)8-21(20)27/h2-8,15,18,34-35H,9-14H2,1H3. The lowest BCUT2D eigenvalue weighted by Gasteiger charge is -2.74. The van der Waals surface area contributed by atoms with Crippen LogP contribution < -0.4 is 4.74 Å². The second kappa shape index (κ2) is 9.25. The molecule has 37 heavy (non-hydrogen) atoms. The van der Waals surface area contributed by atoms with E-state index in [0.29, 0.717) is 17.6 Å². The molecule has 6 rings (SSSR count). The molecule has 3 aliphatic rings. The Kier molecular flexibility index (Phi) is 6.48. The Balaban J connectivity index is 1.36. The van der Waals surface area contributed by atoms with Gasteiger partial charge in [0.25, 0.3) is 5.92 Å². The van der Waals surface area contributed by atoms with E-state index < -0.39 is 52.2 Å². The zero-order valence-corrected chi connectivity index (χ0v) is 20.8. The monoisotopic (exact) mass is 538 g/mol. The highest BCUT2D eigenvalue weighted by atomic mass is 32.2. The maximum absolute atomic E-state index is 16.2. The fraction of sp³-hybridized carbons (Fsp3) is 0.480. The number of rotatable bonds is 11. The van der Waals surface area contributed by atoms with Crippen molar-refractivity contribution < 1.29 is 32.5 Å². The summed E-state index contributed by atoms with van der Waals surface area (Å²) >= 11 is 1.51. The molecule has 0 radical (unpaired) electrons. The quantitative estimate of drug-likeness (QED) is 0.360. The number of nitrogens with zero attached hydrogens (tertiary/aromatic N) is 4. The fourth-order valence-corrected chi connectivity index (χ4v) is 6.35. The van der Waals surface area contributed by atoms with Crippen molar-refractivity contribution in [1.82, 2.24) is 20.2 Å². The maximum Gasteiger partial charge on any atom is 0.287 e. The summed E-state index contributed by atoms with van der Waals surface area (Å²) in [5.74, 6) is -4.86. The summed E-state index contributed by atoms with van der Waals surface area (Å²) in [6.45, 7) is -0.654. The van der Waals surface area contributed by atoms with Gasteiger partial charge in [-0.1, -0.05) is 12.1 Å². The predicted octanol–water partition coefficient (Wildman–Crippen LogP) is 3.70. The number of hydrogen-bond donors (Lipinski definition) is 2. The molecule has 2 atom stereocenters. The van der Waals surface area contributed by atoms with Gasteiger partial charge in [0.1, 0.15) is 30.3 Å². The molecule has 198 valence electrons. The molecule has 3 aromatic rings. The second-order valence-electron chi connectivity index (χ2n) is 10.1. The topological polar surface area (TPSA) is 93.3 Å². The summed E-state index contributed by atoms with van der Waals surface area (Å²) in [7, 11) is 0. The van der Waals surface area contributed by atoms with Gasteiger partial charge in [0, 0.05) is 22.8 Å². The number of tetrazole rings is 1. The Morgan fingerprint density at radius 2 is 1.84 bits per heavy atom. The molecule has 2 bridgehead atoms. The van der Waals surface area contributed by atoms with Gasteiger partial charge in [0.15, 0.2) is 5.60 Å². The van der Waals surface area contributed by atoms with Crippen molar-refractivity contribution in [2.24, 2.45) is 5.41 Å². The zero-order chi connectivity index (χ0) is 26.5. The summed E-state index contributed by atoms with van der Waals surface area (Å²) in [4.78, 5) is 0. The van der Waals surface area contributed by atoms with Crippen molar-refractivity contribution in [1.29, 1.82) is 0 Å². The van der Waals surface area contributed by atoms with Crippen molar-refractivity contribution in [2.75, 3.05) is 18.6 Å². The van der Waals surface area contributed by atoms with E-state index in [1.807, 2.05) is 18.4 Å². The largest absolute Gasteiger partial charge is 0.491 e. The van der Waals surface area contributed by atoms with Gasteiger partial charge >= 0.3 is 0 Å². The normalized spacial score (nSPS) is 25.1. The van der Waals surface area contributed by atoms with Crippen LogP contribution in [0.1, 0.15) is 30.4 Å². The molecular formula is C25H26F4N4O3S. The molecule has 2 N–H and O–H groups in total. The first-order valence-corrected chi connectivity index (χ1v) is 13.1. The molecule has 3 aliphatic carbocycles. The van der Waals surface area contributed by atoms with Crippen molar-refractivity contribution >= 4 is 11.8 Å². The highest BCUT2D eigenvalue weighted by molar-refractivity contribution is 7.98. The Bertz CT molecular complexity index is 1240. The number of aromatic nitrogens is 4. The molecule has 0 aliphatic heterocycles. The van der Waals surface area contributed by atoms with E-state index in [1.165, 1.54) is 11.8 Å². The Hall–Kier alpha value is -2.70. The Morgan fingerprint density at radius 1 is 1.14 bits per heavy atom. The smallest absolute Gasteiger partial charge is 0.287 e. The summed E-state index contributed by atoms with van der Waals surface area (Å²) in [5.41, 5.74) is -4.88. The van der Waals surface area contributed by atoms with E-state index in [9.17, 15) is 19.0 Å². The van der Waals surface area contributed by atoms with Crippen LogP contribution in [0.25, 0.3) is 0 Å². The van der Waals surface area contributed by atoms with Gasteiger partial charge in [-0.3, -0.25) is 0 Å². The van der Waals surface area contributed by atoms with Gasteiger partial charge in [-0.05, 0) is 71.2 Å². The summed E-state index contributed by atoms with van der Waals surface area (Å²) in [5, 5.41) is 31.7. The number of thioether (sulfide) groups is 1. The fourth-order valence-electron chi connectivity index (χ4n) is 5.87. The molecule has 3 fully saturated rings. The average Bonchev–Trinajstić information content (AvgIpc) is 3.29. The van der Waals surface area contributed by atoms with E-state index in [2.05, 4.69) is 15.5 Å². The number of ether oxygens (including phenoxy) is 1. The van der Waals surface area contributed by atoms with Gasteiger partial charge in [0.2, 0.25) is 0 Å². The van der Waals surface area contributed by atoms with Crippen molar-refractivity contribution in [3.05, 3.63) is 71.6 Å². The molecule has 1 heterocycles. The number of hydrogen-bond acceptors (Lipinski definition) is 7. The summed E-state index contributed by atoms with van der Waals surface area (Å²) < 4.78 is 67.3. The third kappa shape index (κ3) is 4.18. The van der Waals surface area contributed by atoms with Crippen LogP contribution in [0.2, 0.25) is 0 Å². The van der Waals surface area contributed by atoms with Gasteiger partial charge in [0.05, 0.1) is 12.6 Å². The van der Waals surface area contributed by atoms with E-state index in [1.54, 1.807) is 12.1 Å². The van der Waals surface area contributed by atoms with Crippen LogP contribution in [0.5, 0.6) is 5.75 Å². The SMILES string of the molecule is CSCC(O)COc1ccc(C23CC(C(F)(F)C(O)(Cn4cnnn4)c4ccc(F)cc4F)(C2)C3)cc1. The highest BCUT2D eigenvalue weighted by Crippen LogP contribution is 2.80. The van der Waals surface area contributed by atoms with Crippen molar-refractivity contribution in [2.45, 2.75) is 48.8 Å². The molecule has 0 amide bonds. The predicted molar refractivity (Wildman–Crippen MR) is 127 cm³/mol. The third-order valence-corrected chi connectivity index (χ3v) is 8.36. The first-order chi connectivity index (χ1) is 17.5. The Morgan fingerprint density at radius 3 is 2.43 bits per heavy atom. The van der Waals surface area contributed by atoms with Crippen LogP contribution in [-0.4, -0.2) is 61.1 Å². The van der Waals surface area contributed by atoms with Crippen LogP contribution in [0.4, 0.5) is 17.6 Å². The van der Waals surface area contributed by atoms with E-state index in [0.717, 1.165) is 28.7 Å². The summed E-state index contributed by atoms with van der Waals surface area (Å²) in [6, 6.07) is 9.30. The molecule has 1 aromatic heterocycles. The molecule has 2 unspecified atom stereocenters. The van der Waals surface area contributed by atoms with Crippen LogP contribution >= 0.6 is 11.8 Å². The molecule has 2 aromatic carbocycles. The minimum Gasteiger partial charge on any atom is -0.491 e. The first-order valence-electron chi connectivity index (χ1n) is 11.7. The maximum atomic E-state index is 16.2. The highest BCUT2D eigenvalue weighted by Gasteiger charge is 2.82. The lowest BCUT2D eigenvalue weighted by atomic mass is 9.30. The van der Waals surface area contributed by atoms with Gasteiger partial charge in [-0.2, -0.15) is 11.8 Å². The van der Waals surface area contributed by atoms with Crippen LogP contribution in [-0.2, 0) is 17.6 Å². The van der Waals surface area contributed by atoms with E-state index >= 15 is 8.78 Å². The number of halogens is 4. The lowest BCUT2D eigenvalue weighted by molar-refractivity contribution is -0.347. The van der Waals surface area contributed by atoms with Crippen molar-refractivity contribution in [3.63, 3.8) is 0 Å². The van der Waals surface area contributed by atoms with Crippen LogP contribution in [0.3, 0.4) is 0 Å². The zero-order valence-electron chi connectivity index (χ0n) is 20.0. The number of aliphatic hydroxyl groups excluding tert-OH is 1. The molecule has 0 spiro atoms. The van der Waals surface area contributed by atoms with Gasteiger partial charge in [-0.25, -0.2) is 22.2 Å². The second-order valence-corrected chi connectivity index (χ2v) is 11.0. The Labute approximate surface area is 214 Å². The number of aliphatic hydroxyl groups is 2. The number of alkyl halides is 2. The average molecular weight is 539 g/mol. The van der Waals surface area contributed by atoms with E-state index in [4.69, 9.17) is 4.74 Å². The summed E-state index contributed by atoms with van der Waals surface area (Å²) in [6.07, 6.45) is 2.64. The minimum atomic E-state index is -3.77. The van der Waals surface area contributed by atoms with Crippen molar-refractivity contribution in [3.8, 4) is 5.75 Å². The molecule has 7 nitrogen and oxygen atoms in total. The third-order valence-electron chi connectivity index (χ3n) is 7.64. The minimum absolute atomic E-state index is 0.0976. The van der Waals surface area contributed by atoms with Gasteiger partial charge in [-0.15, -0.1) is 5.10 Å². The first kappa shape index (κ1) is 25.9. The van der Waals surface area contributed by atoms with E-state index in [-0.39, 0.29) is 25.9 Å². The molecule has 0 saturated heterocycles. The molecule has 3 saturated carbocycles. The van der Waals surface area contributed by atoms with Gasteiger partial charge < -0.3 is 14.9 Å². The molecule has 12 heteroatoms. The van der Waals surface area contributed by atoms with Crippen LogP contribution in [0, 0.1) is 17.0 Å².